The van der Waals surface area contributed by atoms with Crippen molar-refractivity contribution in [1.82, 2.24) is 35.6 Å². The van der Waals surface area contributed by atoms with Crippen molar-refractivity contribution in [2.45, 2.75) is 149 Å². The van der Waals surface area contributed by atoms with Crippen LogP contribution >= 0.6 is 11.3 Å². The smallest absolute Gasteiger partial charge is 0.245 e. The SMILES string of the molecule is CCC(C)C(NC)C(=O)N(C)C(C(=O)NC(C(=O)N(C)C(C(C)CC)C(CC(=O)N1CCCC1C(OC)C(C)C(=O)NC(Cc1ccccc1)c1nccs1)OC)C(C)C)C(C)C. The van der Waals surface area contributed by atoms with Crippen LogP contribution in [0.15, 0.2) is 41.9 Å². The summed E-state index contributed by atoms with van der Waals surface area (Å²) < 4.78 is 12.2. The molecule has 11 atom stereocenters. The lowest BCUT2D eigenvalue weighted by molar-refractivity contribution is -0.149. The van der Waals surface area contributed by atoms with Gasteiger partial charge in [0.15, 0.2) is 0 Å². The normalized spacial score (nSPS) is 19.0. The van der Waals surface area contributed by atoms with E-state index in [0.29, 0.717) is 25.8 Å². The van der Waals surface area contributed by atoms with Crippen molar-refractivity contribution in [1.29, 1.82) is 0 Å². The highest BCUT2D eigenvalue weighted by atomic mass is 32.1. The Balaban J connectivity index is 1.81. The molecule has 0 radical (unpaired) electrons. The molecule has 63 heavy (non-hydrogen) atoms. The van der Waals surface area contributed by atoms with Crippen LogP contribution in [0.3, 0.4) is 0 Å². The number of ether oxygens (including phenoxy) is 2. The maximum absolute atomic E-state index is 14.6. The van der Waals surface area contributed by atoms with Crippen molar-refractivity contribution < 1.29 is 33.4 Å². The van der Waals surface area contributed by atoms with Gasteiger partial charge in [0.25, 0.3) is 0 Å². The highest BCUT2D eigenvalue weighted by Crippen LogP contribution is 2.31. The monoisotopic (exact) mass is 898 g/mol. The van der Waals surface area contributed by atoms with E-state index in [1.807, 2.05) is 103 Å². The Morgan fingerprint density at radius 3 is 2.00 bits per heavy atom. The zero-order chi connectivity index (χ0) is 47.1. The molecule has 2 aromatic rings. The maximum Gasteiger partial charge on any atom is 0.245 e. The van der Waals surface area contributed by atoms with Gasteiger partial charge in [-0.05, 0) is 55.5 Å². The second-order valence-corrected chi connectivity index (χ2v) is 19.2. The van der Waals surface area contributed by atoms with Crippen molar-refractivity contribution in [3.8, 4) is 0 Å². The first kappa shape index (κ1) is 53.4. The van der Waals surface area contributed by atoms with Gasteiger partial charge in [-0.2, -0.15) is 0 Å². The number of carbonyl (C=O) groups is 5. The van der Waals surface area contributed by atoms with E-state index in [4.69, 9.17) is 9.47 Å². The third-order valence-electron chi connectivity index (χ3n) is 13.3. The Morgan fingerprint density at radius 1 is 0.841 bits per heavy atom. The minimum Gasteiger partial charge on any atom is -0.379 e. The predicted molar refractivity (Wildman–Crippen MR) is 250 cm³/mol. The average Bonchev–Trinajstić information content (AvgIpc) is 3.99. The number of aromatic nitrogens is 1. The molecule has 0 saturated carbocycles. The summed E-state index contributed by atoms with van der Waals surface area (Å²) >= 11 is 1.50. The fourth-order valence-corrected chi connectivity index (χ4v) is 9.90. The summed E-state index contributed by atoms with van der Waals surface area (Å²) in [5, 5.41) is 12.1. The van der Waals surface area contributed by atoms with Crippen molar-refractivity contribution in [2.24, 2.45) is 29.6 Å². The van der Waals surface area contributed by atoms with Crippen LogP contribution in [0.4, 0.5) is 0 Å². The second-order valence-electron chi connectivity index (χ2n) is 18.2. The number of rotatable bonds is 25. The van der Waals surface area contributed by atoms with E-state index >= 15 is 0 Å². The Morgan fingerprint density at radius 2 is 1.48 bits per heavy atom. The molecule has 15 heteroatoms. The molecule has 0 spiro atoms. The largest absolute Gasteiger partial charge is 0.379 e. The van der Waals surface area contributed by atoms with Crippen LogP contribution in [0.1, 0.15) is 111 Å². The molecule has 0 bridgehead atoms. The lowest BCUT2D eigenvalue weighted by Crippen LogP contribution is -2.61. The minimum absolute atomic E-state index is 0.00365. The standard InChI is InChI=1S/C48H79N7O7S/c1-15-31(7)40(49-10)48(60)53(11)41(30(5)6)45(58)52-39(29(3)4)47(59)54(12)42(32(8)16-2)37(61-13)28-38(56)55-25-20-23-36(55)43(62-14)33(9)44(57)51-35(46-50-24-26-63-46)27-34-21-18-17-19-22-34/h17-19,21-22,24,26,29-33,35-37,39-43,49H,15-16,20,23,25,27-28H2,1-14H3,(H,51,57)(H,52,58). The number of amides is 5. The van der Waals surface area contributed by atoms with E-state index in [9.17, 15) is 24.0 Å². The first-order valence-corrected chi connectivity index (χ1v) is 23.9. The van der Waals surface area contributed by atoms with Gasteiger partial charge in [0.2, 0.25) is 29.5 Å². The van der Waals surface area contributed by atoms with Crippen LogP contribution < -0.4 is 16.0 Å². The van der Waals surface area contributed by atoms with Crippen molar-refractivity contribution in [3.05, 3.63) is 52.5 Å². The summed E-state index contributed by atoms with van der Waals surface area (Å²) in [5.74, 6) is -2.30. The molecule has 1 aromatic heterocycles. The first-order valence-electron chi connectivity index (χ1n) is 23.0. The minimum atomic E-state index is -0.900. The zero-order valence-corrected chi connectivity index (χ0v) is 41.4. The lowest BCUT2D eigenvalue weighted by atomic mass is 9.89. The van der Waals surface area contributed by atoms with Crippen molar-refractivity contribution in [3.63, 3.8) is 0 Å². The fraction of sp³-hybridized carbons (Fsp3) is 0.708. The number of methoxy groups -OCH3 is 2. The number of hydrogen-bond acceptors (Lipinski definition) is 10. The van der Waals surface area contributed by atoms with Crippen molar-refractivity contribution in [2.75, 3.05) is 41.9 Å². The van der Waals surface area contributed by atoms with Crippen LogP contribution in [0, 0.1) is 29.6 Å². The third kappa shape index (κ3) is 13.8. The molecule has 1 aromatic carbocycles. The van der Waals surface area contributed by atoms with Gasteiger partial charge in [0, 0.05) is 46.4 Å². The number of likely N-dealkylation sites (N-methyl/N-ethyl adjacent to an activating group) is 3. The van der Waals surface area contributed by atoms with Gasteiger partial charge in [-0.15, -0.1) is 11.3 Å². The Hall–Kier alpha value is -3.92. The molecule has 11 unspecified atom stereocenters. The molecular formula is C48H79N7O7S. The number of carbonyl (C=O) groups excluding carboxylic acids is 5. The van der Waals surface area contributed by atoms with Crippen LogP contribution in [-0.2, 0) is 39.9 Å². The number of likely N-dealkylation sites (tertiary alicyclic amines) is 1. The Bertz CT molecular complexity index is 1730. The number of thiazole rings is 1. The fourth-order valence-electron chi connectivity index (χ4n) is 9.21. The summed E-state index contributed by atoms with van der Waals surface area (Å²) in [5.41, 5.74) is 1.08. The maximum atomic E-state index is 14.6. The molecule has 1 aliphatic rings. The summed E-state index contributed by atoms with van der Waals surface area (Å²) in [6, 6.07) is 6.65. The third-order valence-corrected chi connectivity index (χ3v) is 14.2. The van der Waals surface area contributed by atoms with Gasteiger partial charge < -0.3 is 40.1 Å². The van der Waals surface area contributed by atoms with E-state index in [1.165, 1.54) is 16.2 Å². The molecular weight excluding hydrogens is 819 g/mol. The summed E-state index contributed by atoms with van der Waals surface area (Å²) in [7, 11) is 8.27. The van der Waals surface area contributed by atoms with E-state index in [2.05, 4.69) is 20.9 Å². The second kappa shape index (κ2) is 25.5. The Labute approximate surface area is 382 Å². The molecule has 3 N–H and O–H groups in total. The van der Waals surface area contributed by atoms with E-state index in [-0.39, 0.29) is 65.8 Å². The van der Waals surface area contributed by atoms with E-state index in [1.54, 1.807) is 46.5 Å². The van der Waals surface area contributed by atoms with Crippen LogP contribution in [-0.4, -0.2) is 134 Å². The van der Waals surface area contributed by atoms with Crippen molar-refractivity contribution >= 4 is 40.9 Å². The van der Waals surface area contributed by atoms with Crippen LogP contribution in [0.2, 0.25) is 0 Å². The molecule has 1 aliphatic heterocycles. The summed E-state index contributed by atoms with van der Waals surface area (Å²) in [6.07, 6.45) is 4.02. The average molecular weight is 898 g/mol. The predicted octanol–water partition coefficient (Wildman–Crippen LogP) is 5.72. The number of hydrogen-bond donors (Lipinski definition) is 3. The first-order chi connectivity index (χ1) is 29.9. The molecule has 3 rings (SSSR count). The van der Waals surface area contributed by atoms with Crippen LogP contribution in [0.25, 0.3) is 0 Å². The van der Waals surface area contributed by atoms with Gasteiger partial charge in [0.1, 0.15) is 17.1 Å². The topological polar surface area (TPSA) is 163 Å². The Kier molecular flexibility index (Phi) is 21.7. The van der Waals surface area contributed by atoms with Gasteiger partial charge in [-0.3, -0.25) is 24.0 Å². The number of benzene rings is 1. The molecule has 1 saturated heterocycles. The van der Waals surface area contributed by atoms with Gasteiger partial charge in [-0.1, -0.05) is 105 Å². The zero-order valence-electron chi connectivity index (χ0n) is 40.6. The molecule has 0 aliphatic carbocycles. The van der Waals surface area contributed by atoms with E-state index in [0.717, 1.165) is 23.4 Å². The molecule has 5 amide bonds. The molecule has 354 valence electrons. The van der Waals surface area contributed by atoms with Gasteiger partial charge >= 0.3 is 0 Å². The quantitative estimate of drug-likeness (QED) is 0.113. The molecule has 1 fully saturated rings. The highest BCUT2D eigenvalue weighted by molar-refractivity contribution is 7.09. The summed E-state index contributed by atoms with van der Waals surface area (Å²) in [6.45, 7) is 18.0. The number of nitrogens with one attached hydrogen (secondary N) is 3. The van der Waals surface area contributed by atoms with E-state index < -0.39 is 48.2 Å². The van der Waals surface area contributed by atoms with Gasteiger partial charge in [-0.25, -0.2) is 4.98 Å². The number of nitrogens with zero attached hydrogens (tertiary/aromatic N) is 4. The lowest BCUT2D eigenvalue weighted by Gasteiger charge is -2.41. The van der Waals surface area contributed by atoms with Crippen LogP contribution in [0.5, 0.6) is 0 Å². The highest BCUT2D eigenvalue weighted by Gasteiger charge is 2.44. The summed E-state index contributed by atoms with van der Waals surface area (Å²) in [4.78, 5) is 80.3. The molecule has 14 nitrogen and oxygen atoms in total. The molecule has 2 heterocycles. The van der Waals surface area contributed by atoms with Gasteiger partial charge in [0.05, 0.1) is 48.7 Å².